The summed E-state index contributed by atoms with van der Waals surface area (Å²) in [7, 11) is 0. The molecule has 0 aliphatic rings. The molecule has 0 saturated carbocycles. The van der Waals surface area contributed by atoms with Crippen LogP contribution in [-0.2, 0) is 12.3 Å². The van der Waals surface area contributed by atoms with Crippen molar-refractivity contribution < 1.29 is 0 Å². The van der Waals surface area contributed by atoms with Gasteiger partial charge in [0.1, 0.15) is 5.03 Å². The Morgan fingerprint density at radius 3 is 2.20 bits per heavy atom. The summed E-state index contributed by atoms with van der Waals surface area (Å²) in [5.41, 5.74) is 2.55. The van der Waals surface area contributed by atoms with Gasteiger partial charge in [0.05, 0.1) is 12.7 Å². The first-order valence-electron chi connectivity index (χ1n) is 6.51. The summed E-state index contributed by atoms with van der Waals surface area (Å²) in [6.45, 7) is 0.762. The van der Waals surface area contributed by atoms with Crippen LogP contribution >= 0.6 is 11.8 Å². The maximum absolute atomic E-state index is 4.17. The number of aromatic nitrogens is 3. The summed E-state index contributed by atoms with van der Waals surface area (Å²) >= 11 is 1.76. The minimum Gasteiger partial charge on any atom is -0.234 e. The van der Waals surface area contributed by atoms with E-state index in [0.717, 1.165) is 17.3 Å². The van der Waals surface area contributed by atoms with Gasteiger partial charge < -0.3 is 0 Å². The monoisotopic (exact) mass is 281 g/mol. The molecule has 0 bridgehead atoms. The fraction of sp³-hybridized carbons (Fsp3) is 0.125. The summed E-state index contributed by atoms with van der Waals surface area (Å²) in [6.07, 6.45) is 1.83. The average molecular weight is 281 g/mol. The average Bonchev–Trinajstić information content (AvgIpc) is 2.94. The fourth-order valence-corrected chi connectivity index (χ4v) is 2.84. The van der Waals surface area contributed by atoms with E-state index in [4.69, 9.17) is 0 Å². The Morgan fingerprint density at radius 1 is 0.850 bits per heavy atom. The van der Waals surface area contributed by atoms with Gasteiger partial charge >= 0.3 is 0 Å². The van der Waals surface area contributed by atoms with Gasteiger partial charge in [-0.05, 0) is 11.1 Å². The van der Waals surface area contributed by atoms with Crippen molar-refractivity contribution in [3.8, 4) is 0 Å². The number of benzene rings is 2. The molecule has 0 N–H and O–H groups in total. The first kappa shape index (κ1) is 12.9. The molecule has 0 radical (unpaired) electrons. The summed E-state index contributed by atoms with van der Waals surface area (Å²) in [5, 5.41) is 9.29. The van der Waals surface area contributed by atoms with Crippen LogP contribution in [0.5, 0.6) is 0 Å². The zero-order valence-electron chi connectivity index (χ0n) is 11.0. The molecule has 0 amide bonds. The third kappa shape index (κ3) is 3.27. The van der Waals surface area contributed by atoms with Gasteiger partial charge in [-0.3, -0.25) is 0 Å². The minimum absolute atomic E-state index is 0.762. The normalized spacial score (nSPS) is 10.6. The van der Waals surface area contributed by atoms with Crippen molar-refractivity contribution in [3.05, 3.63) is 78.0 Å². The van der Waals surface area contributed by atoms with E-state index in [2.05, 4.69) is 46.7 Å². The van der Waals surface area contributed by atoms with E-state index in [0.29, 0.717) is 0 Å². The Kier molecular flexibility index (Phi) is 4.13. The van der Waals surface area contributed by atoms with E-state index in [1.54, 1.807) is 11.8 Å². The van der Waals surface area contributed by atoms with Crippen LogP contribution in [0.4, 0.5) is 0 Å². The molecule has 0 saturated heterocycles. The standard InChI is InChI=1S/C16H15N3S/c1-3-7-14(8-4-1)12-19-16(11-17-18-19)20-13-15-9-5-2-6-10-15/h1-11H,12-13H2. The molecule has 1 aromatic heterocycles. The van der Waals surface area contributed by atoms with Gasteiger partial charge in [-0.25, -0.2) is 4.68 Å². The molecule has 0 spiro atoms. The van der Waals surface area contributed by atoms with Crippen molar-refractivity contribution >= 4 is 11.8 Å². The lowest BCUT2D eigenvalue weighted by molar-refractivity contribution is 0.604. The van der Waals surface area contributed by atoms with Gasteiger partial charge in [-0.1, -0.05) is 65.9 Å². The molecular formula is C16H15N3S. The highest BCUT2D eigenvalue weighted by Gasteiger charge is 2.05. The van der Waals surface area contributed by atoms with Crippen LogP contribution in [0.15, 0.2) is 71.9 Å². The second kappa shape index (κ2) is 6.39. The predicted molar refractivity (Wildman–Crippen MR) is 81.6 cm³/mol. The van der Waals surface area contributed by atoms with Crippen LogP contribution in [0, 0.1) is 0 Å². The predicted octanol–water partition coefficient (Wildman–Crippen LogP) is 3.62. The van der Waals surface area contributed by atoms with E-state index in [-0.39, 0.29) is 0 Å². The first-order valence-corrected chi connectivity index (χ1v) is 7.49. The Labute approximate surface area is 122 Å². The van der Waals surface area contributed by atoms with Gasteiger partial charge in [0, 0.05) is 5.75 Å². The van der Waals surface area contributed by atoms with Crippen LogP contribution < -0.4 is 0 Å². The Bertz CT molecular complexity index is 650. The molecular weight excluding hydrogens is 266 g/mol. The third-order valence-corrected chi connectivity index (χ3v) is 4.08. The van der Waals surface area contributed by atoms with Crippen molar-refractivity contribution in [1.82, 2.24) is 15.0 Å². The smallest absolute Gasteiger partial charge is 0.115 e. The minimum atomic E-state index is 0.762. The Morgan fingerprint density at radius 2 is 1.50 bits per heavy atom. The quantitative estimate of drug-likeness (QED) is 0.669. The largest absolute Gasteiger partial charge is 0.234 e. The fourth-order valence-electron chi connectivity index (χ4n) is 1.96. The molecule has 3 aromatic rings. The van der Waals surface area contributed by atoms with Gasteiger partial charge in [-0.2, -0.15) is 0 Å². The maximum Gasteiger partial charge on any atom is 0.115 e. The van der Waals surface area contributed by atoms with Crippen LogP contribution in [0.1, 0.15) is 11.1 Å². The van der Waals surface area contributed by atoms with E-state index < -0.39 is 0 Å². The molecule has 4 heteroatoms. The zero-order chi connectivity index (χ0) is 13.6. The lowest BCUT2D eigenvalue weighted by Crippen LogP contribution is -2.03. The number of hydrogen-bond acceptors (Lipinski definition) is 3. The molecule has 3 nitrogen and oxygen atoms in total. The van der Waals surface area contributed by atoms with E-state index in [1.165, 1.54) is 11.1 Å². The molecule has 0 aliphatic heterocycles. The molecule has 100 valence electrons. The number of nitrogens with zero attached hydrogens (tertiary/aromatic N) is 3. The topological polar surface area (TPSA) is 30.7 Å². The number of hydrogen-bond donors (Lipinski definition) is 0. The van der Waals surface area contributed by atoms with E-state index in [9.17, 15) is 0 Å². The van der Waals surface area contributed by atoms with E-state index in [1.807, 2.05) is 35.1 Å². The van der Waals surface area contributed by atoms with Crippen molar-refractivity contribution in [3.63, 3.8) is 0 Å². The van der Waals surface area contributed by atoms with Crippen molar-refractivity contribution in [2.45, 2.75) is 17.3 Å². The molecule has 0 fully saturated rings. The number of thioether (sulfide) groups is 1. The Hall–Kier alpha value is -2.07. The van der Waals surface area contributed by atoms with Gasteiger partial charge in [0.25, 0.3) is 0 Å². The highest BCUT2D eigenvalue weighted by Crippen LogP contribution is 2.22. The number of rotatable bonds is 5. The summed E-state index contributed by atoms with van der Waals surface area (Å²) in [4.78, 5) is 0. The van der Waals surface area contributed by atoms with E-state index >= 15 is 0 Å². The second-order valence-corrected chi connectivity index (χ2v) is 5.49. The van der Waals surface area contributed by atoms with Crippen molar-refractivity contribution in [1.29, 1.82) is 0 Å². The maximum atomic E-state index is 4.17. The molecule has 1 heterocycles. The van der Waals surface area contributed by atoms with Crippen LogP contribution in [0.2, 0.25) is 0 Å². The van der Waals surface area contributed by atoms with Crippen LogP contribution in [0.3, 0.4) is 0 Å². The third-order valence-electron chi connectivity index (χ3n) is 2.99. The van der Waals surface area contributed by atoms with Gasteiger partial charge in [0.15, 0.2) is 0 Å². The highest BCUT2D eigenvalue weighted by atomic mass is 32.2. The second-order valence-electron chi connectivity index (χ2n) is 4.49. The van der Waals surface area contributed by atoms with Crippen molar-refractivity contribution in [2.24, 2.45) is 0 Å². The summed E-state index contributed by atoms with van der Waals surface area (Å²) in [6, 6.07) is 20.8. The molecule has 20 heavy (non-hydrogen) atoms. The SMILES string of the molecule is c1ccc(CSc2cnnn2Cc2ccccc2)cc1. The lowest BCUT2D eigenvalue weighted by Gasteiger charge is -2.06. The first-order chi connectivity index (χ1) is 9.92. The molecule has 0 unspecified atom stereocenters. The Balaban J connectivity index is 1.68. The highest BCUT2D eigenvalue weighted by molar-refractivity contribution is 7.98. The van der Waals surface area contributed by atoms with Gasteiger partial charge in [0.2, 0.25) is 0 Å². The van der Waals surface area contributed by atoms with Crippen LogP contribution in [0.25, 0.3) is 0 Å². The summed E-state index contributed by atoms with van der Waals surface area (Å²) < 4.78 is 1.95. The lowest BCUT2D eigenvalue weighted by atomic mass is 10.2. The molecule has 0 atom stereocenters. The zero-order valence-corrected chi connectivity index (χ0v) is 11.8. The van der Waals surface area contributed by atoms with Crippen molar-refractivity contribution in [2.75, 3.05) is 0 Å². The molecule has 2 aromatic carbocycles. The summed E-state index contributed by atoms with van der Waals surface area (Å²) in [5.74, 6) is 0.934. The molecule has 0 aliphatic carbocycles. The van der Waals surface area contributed by atoms with Gasteiger partial charge in [-0.15, -0.1) is 16.9 Å². The molecule has 3 rings (SSSR count). The van der Waals surface area contributed by atoms with Crippen LogP contribution in [-0.4, -0.2) is 15.0 Å².